The zero-order valence-corrected chi connectivity index (χ0v) is 13.2. The molecular formula is C15H22ClNO4. The van der Waals surface area contributed by atoms with Crippen LogP contribution in [0.25, 0.3) is 0 Å². The van der Waals surface area contributed by atoms with Gasteiger partial charge in [-0.2, -0.15) is 0 Å². The molecule has 2 N–H and O–H groups in total. The first kappa shape index (κ1) is 17.8. The van der Waals surface area contributed by atoms with Gasteiger partial charge in [-0.15, -0.1) is 12.4 Å². The molecule has 1 fully saturated rings. The van der Waals surface area contributed by atoms with Gasteiger partial charge in [0.15, 0.2) is 11.5 Å². The molecule has 5 nitrogen and oxygen atoms in total. The number of hydrogen-bond acceptors (Lipinski definition) is 5. The minimum Gasteiger partial charge on any atom is -0.493 e. The molecule has 1 aromatic carbocycles. The van der Waals surface area contributed by atoms with E-state index in [1.165, 1.54) is 6.92 Å². The first-order valence-corrected chi connectivity index (χ1v) is 6.81. The number of hydrogen-bond donors (Lipinski definition) is 1. The highest BCUT2D eigenvalue weighted by molar-refractivity contribution is 5.85. The van der Waals surface area contributed by atoms with Gasteiger partial charge < -0.3 is 19.9 Å². The van der Waals surface area contributed by atoms with Gasteiger partial charge in [-0.25, -0.2) is 0 Å². The van der Waals surface area contributed by atoms with Crippen molar-refractivity contribution in [2.45, 2.75) is 25.8 Å². The van der Waals surface area contributed by atoms with E-state index >= 15 is 0 Å². The molecule has 21 heavy (non-hydrogen) atoms. The van der Waals surface area contributed by atoms with Crippen molar-refractivity contribution in [3.05, 3.63) is 23.8 Å². The Bertz CT molecular complexity index is 475. The lowest BCUT2D eigenvalue weighted by atomic mass is 9.88. The van der Waals surface area contributed by atoms with Crippen LogP contribution in [0.15, 0.2) is 18.2 Å². The van der Waals surface area contributed by atoms with Crippen molar-refractivity contribution in [3.8, 4) is 11.5 Å². The molecule has 0 aliphatic carbocycles. The molecule has 0 saturated carbocycles. The highest BCUT2D eigenvalue weighted by Crippen LogP contribution is 2.34. The normalized spacial score (nSPS) is 16.7. The van der Waals surface area contributed by atoms with E-state index in [0.717, 1.165) is 31.6 Å². The van der Waals surface area contributed by atoms with Gasteiger partial charge in [0.1, 0.15) is 0 Å². The molecule has 1 aliphatic rings. The fourth-order valence-electron chi connectivity index (χ4n) is 2.48. The number of nitrogens with two attached hydrogens (primary N) is 1. The predicted molar refractivity (Wildman–Crippen MR) is 82.0 cm³/mol. The van der Waals surface area contributed by atoms with Gasteiger partial charge in [0, 0.05) is 26.2 Å². The van der Waals surface area contributed by atoms with Gasteiger partial charge in [0.25, 0.3) is 0 Å². The van der Waals surface area contributed by atoms with E-state index in [0.29, 0.717) is 17.4 Å². The number of carbonyl (C=O) groups is 1. The summed E-state index contributed by atoms with van der Waals surface area (Å²) in [5, 5.41) is 0. The Balaban J connectivity index is 0.00000220. The average Bonchev–Trinajstić information content (AvgIpc) is 2.47. The van der Waals surface area contributed by atoms with E-state index in [2.05, 4.69) is 0 Å². The van der Waals surface area contributed by atoms with Crippen LogP contribution in [0.4, 0.5) is 0 Å². The van der Waals surface area contributed by atoms with Gasteiger partial charge in [-0.05, 0) is 36.5 Å². The van der Waals surface area contributed by atoms with Crippen LogP contribution in [0.1, 0.15) is 31.4 Å². The summed E-state index contributed by atoms with van der Waals surface area (Å²) in [5.74, 6) is 0.987. The van der Waals surface area contributed by atoms with Crippen LogP contribution in [0.2, 0.25) is 0 Å². The Kier molecular flexibility index (Phi) is 6.95. The van der Waals surface area contributed by atoms with Crippen molar-refractivity contribution in [3.63, 3.8) is 0 Å². The van der Waals surface area contributed by atoms with Crippen molar-refractivity contribution >= 4 is 18.4 Å². The van der Waals surface area contributed by atoms with Crippen molar-refractivity contribution in [1.29, 1.82) is 0 Å². The lowest BCUT2D eigenvalue weighted by Gasteiger charge is -2.28. The number of ether oxygens (including phenoxy) is 3. The molecule has 0 aromatic heterocycles. The Labute approximate surface area is 131 Å². The summed E-state index contributed by atoms with van der Waals surface area (Å²) in [5.41, 5.74) is 7.32. The molecule has 0 radical (unpaired) electrons. The van der Waals surface area contributed by atoms with Crippen LogP contribution >= 0.6 is 12.4 Å². The van der Waals surface area contributed by atoms with Crippen LogP contribution < -0.4 is 15.2 Å². The van der Waals surface area contributed by atoms with Crippen LogP contribution in [-0.4, -0.2) is 26.3 Å². The van der Waals surface area contributed by atoms with Crippen molar-refractivity contribution in [2.75, 3.05) is 20.3 Å². The smallest absolute Gasteiger partial charge is 0.308 e. The summed E-state index contributed by atoms with van der Waals surface area (Å²) in [6, 6.07) is 5.41. The predicted octanol–water partition coefficient (Wildman–Crippen LogP) is 2.47. The minimum absolute atomic E-state index is 0. The molecule has 2 rings (SSSR count). The first-order chi connectivity index (χ1) is 9.61. The first-order valence-electron chi connectivity index (χ1n) is 6.81. The summed E-state index contributed by atoms with van der Waals surface area (Å²) in [4.78, 5) is 11.0. The Morgan fingerprint density at radius 1 is 1.33 bits per heavy atom. The average molecular weight is 316 g/mol. The summed E-state index contributed by atoms with van der Waals surface area (Å²) < 4.78 is 15.7. The van der Waals surface area contributed by atoms with E-state index in [-0.39, 0.29) is 24.4 Å². The zero-order chi connectivity index (χ0) is 14.5. The topological polar surface area (TPSA) is 70.8 Å². The maximum Gasteiger partial charge on any atom is 0.308 e. The van der Waals surface area contributed by atoms with Gasteiger partial charge in [-0.1, -0.05) is 6.07 Å². The molecule has 0 spiro atoms. The second kappa shape index (κ2) is 8.22. The number of esters is 1. The summed E-state index contributed by atoms with van der Waals surface area (Å²) in [7, 11) is 1.55. The Morgan fingerprint density at radius 2 is 2.00 bits per heavy atom. The number of benzene rings is 1. The molecule has 1 aliphatic heterocycles. The second-order valence-electron chi connectivity index (χ2n) is 4.98. The van der Waals surface area contributed by atoms with Crippen LogP contribution in [0, 0.1) is 5.92 Å². The molecule has 1 heterocycles. The molecular weight excluding hydrogens is 294 g/mol. The van der Waals surface area contributed by atoms with Crippen molar-refractivity contribution in [1.82, 2.24) is 0 Å². The van der Waals surface area contributed by atoms with Crippen molar-refractivity contribution in [2.24, 2.45) is 11.7 Å². The third-order valence-corrected chi connectivity index (χ3v) is 3.60. The lowest BCUT2D eigenvalue weighted by Crippen LogP contribution is -2.27. The third-order valence-electron chi connectivity index (χ3n) is 3.60. The summed E-state index contributed by atoms with van der Waals surface area (Å²) in [6.07, 6.45) is 1.93. The molecule has 1 saturated heterocycles. The van der Waals surface area contributed by atoms with Crippen LogP contribution in [0.3, 0.4) is 0 Å². The molecule has 6 heteroatoms. The Hall–Kier alpha value is -1.30. The van der Waals surface area contributed by atoms with E-state index in [1.54, 1.807) is 13.2 Å². The molecule has 1 aromatic rings. The van der Waals surface area contributed by atoms with E-state index in [4.69, 9.17) is 19.9 Å². The monoisotopic (exact) mass is 315 g/mol. The molecule has 1 atom stereocenters. The van der Waals surface area contributed by atoms with E-state index in [9.17, 15) is 4.79 Å². The standard InChI is InChI=1S/C15H21NO4.ClH/c1-10(17)20-13-4-3-12(9-14(13)18-2)15(16)11-5-7-19-8-6-11;/h3-4,9,11,15H,5-8,16H2,1-2H3;1H/t15-;/m1./s1. The fourth-order valence-corrected chi connectivity index (χ4v) is 2.48. The SMILES string of the molecule is COc1cc([C@H](N)C2CCOCC2)ccc1OC(C)=O.Cl. The van der Waals surface area contributed by atoms with Crippen LogP contribution in [0.5, 0.6) is 11.5 Å². The number of carbonyl (C=O) groups excluding carboxylic acids is 1. The maximum atomic E-state index is 11.0. The molecule has 0 unspecified atom stereocenters. The number of methoxy groups -OCH3 is 1. The minimum atomic E-state index is -0.371. The summed E-state index contributed by atoms with van der Waals surface area (Å²) in [6.45, 7) is 2.89. The van der Waals surface area contributed by atoms with E-state index < -0.39 is 0 Å². The highest BCUT2D eigenvalue weighted by atomic mass is 35.5. The largest absolute Gasteiger partial charge is 0.493 e. The van der Waals surface area contributed by atoms with Crippen molar-refractivity contribution < 1.29 is 19.0 Å². The lowest BCUT2D eigenvalue weighted by molar-refractivity contribution is -0.132. The summed E-state index contributed by atoms with van der Waals surface area (Å²) >= 11 is 0. The Morgan fingerprint density at radius 3 is 2.57 bits per heavy atom. The molecule has 118 valence electrons. The third kappa shape index (κ3) is 4.59. The molecule has 0 amide bonds. The van der Waals surface area contributed by atoms with Crippen LogP contribution in [-0.2, 0) is 9.53 Å². The fraction of sp³-hybridized carbons (Fsp3) is 0.533. The molecule has 0 bridgehead atoms. The number of halogens is 1. The maximum absolute atomic E-state index is 11.0. The quantitative estimate of drug-likeness (QED) is 0.682. The van der Waals surface area contributed by atoms with Gasteiger partial charge in [-0.3, -0.25) is 4.79 Å². The van der Waals surface area contributed by atoms with Gasteiger partial charge in [0.05, 0.1) is 7.11 Å². The second-order valence-corrected chi connectivity index (χ2v) is 4.98. The van der Waals surface area contributed by atoms with Gasteiger partial charge in [0.2, 0.25) is 0 Å². The zero-order valence-electron chi connectivity index (χ0n) is 12.3. The van der Waals surface area contributed by atoms with Gasteiger partial charge >= 0.3 is 5.97 Å². The number of rotatable bonds is 4. The highest BCUT2D eigenvalue weighted by Gasteiger charge is 2.23. The van der Waals surface area contributed by atoms with E-state index in [1.807, 2.05) is 12.1 Å².